The van der Waals surface area contributed by atoms with Gasteiger partial charge in [-0.3, -0.25) is 14.5 Å². The van der Waals surface area contributed by atoms with Gasteiger partial charge in [-0.05, 0) is 43.7 Å². The van der Waals surface area contributed by atoms with E-state index >= 15 is 0 Å². The molecule has 2 rings (SSSR count). The molecule has 1 N–H and O–H groups in total. The molecule has 1 aromatic carbocycles. The second-order valence-electron chi connectivity index (χ2n) is 5.59. The highest BCUT2D eigenvalue weighted by Crippen LogP contribution is 2.16. The minimum absolute atomic E-state index is 0.276. The van der Waals surface area contributed by atoms with Gasteiger partial charge in [0.2, 0.25) is 5.78 Å². The quantitative estimate of drug-likeness (QED) is 0.574. The maximum Gasteiger partial charge on any atom is 0.292 e. The topological polar surface area (TPSA) is 67.9 Å². The number of carbonyl (C=O) groups is 2. The van der Waals surface area contributed by atoms with Crippen molar-refractivity contribution in [3.8, 4) is 5.75 Å². The van der Waals surface area contributed by atoms with Gasteiger partial charge in [-0.1, -0.05) is 0 Å². The Hall–Kier alpha value is -1.92. The number of nitrogens with zero attached hydrogens (tertiary/aromatic N) is 1. The van der Waals surface area contributed by atoms with E-state index in [9.17, 15) is 9.59 Å². The number of amides is 1. The second kappa shape index (κ2) is 8.64. The number of likely N-dealkylation sites (tertiary alicyclic amines) is 1. The molecule has 6 nitrogen and oxygen atoms in total. The number of nitrogens with one attached hydrogen (secondary N) is 1. The number of rotatable bonds is 8. The molecule has 23 heavy (non-hydrogen) atoms. The van der Waals surface area contributed by atoms with E-state index in [0.29, 0.717) is 24.5 Å². The number of ether oxygens (including phenoxy) is 2. The second-order valence-corrected chi connectivity index (χ2v) is 5.59. The Kier molecular flexibility index (Phi) is 6.55. The summed E-state index contributed by atoms with van der Waals surface area (Å²) in [6, 6.07) is 6.81. The summed E-state index contributed by atoms with van der Waals surface area (Å²) < 4.78 is 10.1. The van der Waals surface area contributed by atoms with Crippen molar-refractivity contribution in [2.24, 2.45) is 0 Å². The van der Waals surface area contributed by atoms with Gasteiger partial charge < -0.3 is 14.8 Å². The Balaban J connectivity index is 1.84. The Morgan fingerprint density at radius 1 is 1.26 bits per heavy atom. The van der Waals surface area contributed by atoms with Crippen molar-refractivity contribution in [2.75, 3.05) is 40.5 Å². The van der Waals surface area contributed by atoms with Gasteiger partial charge in [0.1, 0.15) is 5.75 Å². The first-order valence-electron chi connectivity index (χ1n) is 7.85. The summed E-state index contributed by atoms with van der Waals surface area (Å²) in [4.78, 5) is 26.4. The maximum absolute atomic E-state index is 12.1. The first-order chi connectivity index (χ1) is 11.2. The van der Waals surface area contributed by atoms with E-state index < -0.39 is 11.7 Å². The molecule has 0 aromatic heterocycles. The maximum atomic E-state index is 12.1. The highest BCUT2D eigenvalue weighted by Gasteiger charge is 2.25. The largest absolute Gasteiger partial charge is 0.497 e. The van der Waals surface area contributed by atoms with E-state index in [1.807, 2.05) is 0 Å². The fourth-order valence-electron chi connectivity index (χ4n) is 2.79. The number of ketones is 1. The van der Waals surface area contributed by atoms with Gasteiger partial charge in [-0.15, -0.1) is 0 Å². The number of hydrogen-bond donors (Lipinski definition) is 1. The molecule has 6 heteroatoms. The van der Waals surface area contributed by atoms with Gasteiger partial charge in [-0.2, -0.15) is 0 Å². The molecule has 0 spiro atoms. The molecule has 0 aliphatic carbocycles. The van der Waals surface area contributed by atoms with Crippen LogP contribution in [-0.4, -0.2) is 63.1 Å². The van der Waals surface area contributed by atoms with Gasteiger partial charge in [0.15, 0.2) is 0 Å². The molecule has 1 heterocycles. The van der Waals surface area contributed by atoms with Crippen molar-refractivity contribution in [1.82, 2.24) is 10.2 Å². The highest BCUT2D eigenvalue weighted by molar-refractivity contribution is 6.42. The summed E-state index contributed by atoms with van der Waals surface area (Å²) in [7, 11) is 3.24. The average molecular weight is 320 g/mol. The van der Waals surface area contributed by atoms with Crippen molar-refractivity contribution in [3.63, 3.8) is 0 Å². The van der Waals surface area contributed by atoms with Gasteiger partial charge in [0, 0.05) is 31.8 Å². The van der Waals surface area contributed by atoms with E-state index in [2.05, 4.69) is 10.2 Å². The lowest BCUT2D eigenvalue weighted by atomic mass is 10.1. The lowest BCUT2D eigenvalue weighted by Crippen LogP contribution is -2.43. The molecule has 1 aliphatic rings. The summed E-state index contributed by atoms with van der Waals surface area (Å²) in [5.74, 6) is -0.426. The third-order valence-electron chi connectivity index (χ3n) is 4.14. The average Bonchev–Trinajstić information content (AvgIpc) is 3.04. The predicted octanol–water partition coefficient (Wildman–Crippen LogP) is 1.10. The van der Waals surface area contributed by atoms with Crippen molar-refractivity contribution in [3.05, 3.63) is 29.8 Å². The molecule has 1 aromatic rings. The summed E-state index contributed by atoms with van der Waals surface area (Å²) >= 11 is 0. The number of carbonyl (C=O) groups excluding carboxylic acids is 2. The van der Waals surface area contributed by atoms with Crippen LogP contribution in [0.1, 0.15) is 23.2 Å². The van der Waals surface area contributed by atoms with Crippen LogP contribution in [0.4, 0.5) is 0 Å². The minimum atomic E-state index is -0.561. The predicted molar refractivity (Wildman–Crippen MR) is 86.8 cm³/mol. The van der Waals surface area contributed by atoms with Gasteiger partial charge in [0.25, 0.3) is 5.91 Å². The molecule has 0 radical (unpaired) electrons. The molecule has 126 valence electrons. The van der Waals surface area contributed by atoms with Crippen LogP contribution in [0.25, 0.3) is 0 Å². The number of benzene rings is 1. The zero-order valence-electron chi connectivity index (χ0n) is 13.7. The van der Waals surface area contributed by atoms with E-state index in [-0.39, 0.29) is 6.04 Å². The van der Waals surface area contributed by atoms with E-state index in [1.54, 1.807) is 38.5 Å². The Bertz CT molecular complexity index is 530. The van der Waals surface area contributed by atoms with Crippen LogP contribution in [0, 0.1) is 0 Å². The van der Waals surface area contributed by atoms with E-state index in [0.717, 1.165) is 25.9 Å². The van der Waals surface area contributed by atoms with Crippen LogP contribution in [0.5, 0.6) is 5.75 Å². The zero-order valence-corrected chi connectivity index (χ0v) is 13.7. The van der Waals surface area contributed by atoms with E-state index in [1.165, 1.54) is 0 Å². The molecule has 1 atom stereocenters. The fourth-order valence-corrected chi connectivity index (χ4v) is 2.79. The molecule has 0 bridgehead atoms. The van der Waals surface area contributed by atoms with E-state index in [4.69, 9.17) is 9.47 Å². The van der Waals surface area contributed by atoms with Gasteiger partial charge in [-0.25, -0.2) is 0 Å². The minimum Gasteiger partial charge on any atom is -0.497 e. The lowest BCUT2D eigenvalue weighted by Gasteiger charge is -2.24. The smallest absolute Gasteiger partial charge is 0.292 e. The summed E-state index contributed by atoms with van der Waals surface area (Å²) in [5.41, 5.74) is 0.367. The zero-order chi connectivity index (χ0) is 16.7. The third kappa shape index (κ3) is 4.77. The first kappa shape index (κ1) is 17.4. The van der Waals surface area contributed by atoms with Crippen molar-refractivity contribution in [1.29, 1.82) is 0 Å². The molecular weight excluding hydrogens is 296 g/mol. The van der Waals surface area contributed by atoms with Gasteiger partial charge >= 0.3 is 0 Å². The standard InChI is InChI=1S/C17H24N2O4/c1-22-11-10-19-9-3-4-14(19)12-18-17(21)16(20)13-5-7-15(23-2)8-6-13/h5-8,14H,3-4,9-12H2,1-2H3,(H,18,21). The summed E-state index contributed by atoms with van der Waals surface area (Å²) in [5, 5.41) is 2.76. The normalized spacial score (nSPS) is 17.9. The van der Waals surface area contributed by atoms with Crippen LogP contribution < -0.4 is 10.1 Å². The SMILES string of the molecule is COCCN1CCCC1CNC(=O)C(=O)c1ccc(OC)cc1. The molecule has 0 saturated carbocycles. The molecule has 1 amide bonds. The summed E-state index contributed by atoms with van der Waals surface area (Å²) in [6.07, 6.45) is 2.14. The fraction of sp³-hybridized carbons (Fsp3) is 0.529. The number of hydrogen-bond acceptors (Lipinski definition) is 5. The summed E-state index contributed by atoms with van der Waals surface area (Å²) in [6.45, 7) is 3.03. The Labute approximate surface area is 136 Å². The van der Waals surface area contributed by atoms with Crippen LogP contribution in [-0.2, 0) is 9.53 Å². The monoisotopic (exact) mass is 320 g/mol. The van der Waals surface area contributed by atoms with Crippen LogP contribution in [0.3, 0.4) is 0 Å². The highest BCUT2D eigenvalue weighted by atomic mass is 16.5. The van der Waals surface area contributed by atoms with Gasteiger partial charge in [0.05, 0.1) is 13.7 Å². The van der Waals surface area contributed by atoms with Crippen molar-refractivity contribution in [2.45, 2.75) is 18.9 Å². The molecule has 1 aliphatic heterocycles. The molecule has 1 unspecified atom stereocenters. The van der Waals surface area contributed by atoms with Crippen LogP contribution >= 0.6 is 0 Å². The van der Waals surface area contributed by atoms with Crippen LogP contribution in [0.15, 0.2) is 24.3 Å². The third-order valence-corrected chi connectivity index (χ3v) is 4.14. The Morgan fingerprint density at radius 3 is 2.65 bits per heavy atom. The number of methoxy groups -OCH3 is 2. The first-order valence-corrected chi connectivity index (χ1v) is 7.85. The Morgan fingerprint density at radius 2 is 2.00 bits per heavy atom. The molecule has 1 fully saturated rings. The number of Topliss-reactive ketones (excluding diaryl/α,β-unsaturated/α-hetero) is 1. The molecule has 1 saturated heterocycles. The lowest BCUT2D eigenvalue weighted by molar-refractivity contribution is -0.117. The van der Waals surface area contributed by atoms with Crippen molar-refractivity contribution >= 4 is 11.7 Å². The van der Waals surface area contributed by atoms with Crippen molar-refractivity contribution < 1.29 is 19.1 Å². The van der Waals surface area contributed by atoms with Crippen LogP contribution in [0.2, 0.25) is 0 Å². The molecular formula is C17H24N2O4.